The molecule has 20 heavy (non-hydrogen) atoms. The third-order valence-electron chi connectivity index (χ3n) is 3.53. The maximum absolute atomic E-state index is 12.1. The van der Waals surface area contributed by atoms with E-state index in [2.05, 4.69) is 10.4 Å². The van der Waals surface area contributed by atoms with Gasteiger partial charge in [0.05, 0.1) is 12.3 Å². The van der Waals surface area contributed by atoms with E-state index >= 15 is 0 Å². The molecule has 0 aromatic carbocycles. The fourth-order valence-electron chi connectivity index (χ4n) is 2.46. The zero-order valence-corrected chi connectivity index (χ0v) is 12.2. The number of aromatic nitrogens is 2. The number of hydrogen-bond acceptors (Lipinski definition) is 4. The average molecular weight is 279 g/mol. The first-order valence-electron chi connectivity index (χ1n) is 6.94. The molecule has 2 atom stereocenters. The lowest BCUT2D eigenvalue weighted by molar-refractivity contribution is -0.125. The smallest absolute Gasteiger partial charge is 0.267 e. The van der Waals surface area contributed by atoms with Crippen LogP contribution in [0.3, 0.4) is 0 Å². The Kier molecular flexibility index (Phi) is 4.54. The second-order valence-corrected chi connectivity index (χ2v) is 5.29. The Labute approximate surface area is 118 Å². The van der Waals surface area contributed by atoms with Crippen LogP contribution in [0, 0.1) is 0 Å². The van der Waals surface area contributed by atoms with Gasteiger partial charge in [-0.15, -0.1) is 0 Å². The highest BCUT2D eigenvalue weighted by Crippen LogP contribution is 2.17. The van der Waals surface area contributed by atoms with Crippen molar-refractivity contribution in [1.82, 2.24) is 15.1 Å². The third kappa shape index (κ3) is 3.07. The number of nitrogens with one attached hydrogen (secondary N) is 1. The Bertz CT molecular complexity index is 553. The van der Waals surface area contributed by atoms with E-state index in [0.717, 1.165) is 30.5 Å². The summed E-state index contributed by atoms with van der Waals surface area (Å²) in [5.41, 5.74) is 1.74. The number of methoxy groups -OCH3 is 1. The Morgan fingerprint density at radius 2 is 2.25 bits per heavy atom. The lowest BCUT2D eigenvalue weighted by Crippen LogP contribution is -2.42. The SMILES string of the molecule is COCC(C)NC(=O)C(C)n1nc2c(cc1=O)CCC2. The predicted octanol–water partition coefficient (Wildman–Crippen LogP) is 0.444. The van der Waals surface area contributed by atoms with Crippen LogP contribution in [0.5, 0.6) is 0 Å². The van der Waals surface area contributed by atoms with Gasteiger partial charge in [0.15, 0.2) is 0 Å². The third-order valence-corrected chi connectivity index (χ3v) is 3.53. The number of rotatable bonds is 5. The number of amides is 1. The normalized spacial score (nSPS) is 16.6. The molecule has 1 heterocycles. The Morgan fingerprint density at radius 1 is 1.50 bits per heavy atom. The van der Waals surface area contributed by atoms with E-state index < -0.39 is 6.04 Å². The summed E-state index contributed by atoms with van der Waals surface area (Å²) >= 11 is 0. The average Bonchev–Trinajstić information content (AvgIpc) is 2.84. The van der Waals surface area contributed by atoms with E-state index in [0.29, 0.717) is 6.61 Å². The molecule has 0 aliphatic heterocycles. The minimum Gasteiger partial charge on any atom is -0.383 e. The van der Waals surface area contributed by atoms with Gasteiger partial charge in [-0.05, 0) is 38.7 Å². The van der Waals surface area contributed by atoms with E-state index in [1.54, 1.807) is 20.1 Å². The fraction of sp³-hybridized carbons (Fsp3) is 0.643. The highest BCUT2D eigenvalue weighted by molar-refractivity contribution is 5.80. The molecule has 1 aromatic rings. The van der Waals surface area contributed by atoms with Gasteiger partial charge in [0.25, 0.3) is 5.56 Å². The van der Waals surface area contributed by atoms with Gasteiger partial charge in [0.2, 0.25) is 5.91 Å². The van der Waals surface area contributed by atoms with Gasteiger partial charge < -0.3 is 10.1 Å². The summed E-state index contributed by atoms with van der Waals surface area (Å²) in [4.78, 5) is 24.1. The van der Waals surface area contributed by atoms with Gasteiger partial charge in [-0.3, -0.25) is 9.59 Å². The lowest BCUT2D eigenvalue weighted by Gasteiger charge is -2.18. The largest absolute Gasteiger partial charge is 0.383 e. The van der Waals surface area contributed by atoms with Crippen molar-refractivity contribution in [3.05, 3.63) is 27.7 Å². The van der Waals surface area contributed by atoms with Crippen LogP contribution in [0.2, 0.25) is 0 Å². The number of ether oxygens (including phenoxy) is 1. The molecule has 0 saturated heterocycles. The van der Waals surface area contributed by atoms with Gasteiger partial charge in [-0.1, -0.05) is 0 Å². The molecular formula is C14H21N3O3. The van der Waals surface area contributed by atoms with Crippen LogP contribution in [0.1, 0.15) is 37.6 Å². The Hall–Kier alpha value is -1.69. The number of nitrogens with zero attached hydrogens (tertiary/aromatic N) is 2. The topological polar surface area (TPSA) is 73.2 Å². The van der Waals surface area contributed by atoms with E-state index in [1.807, 2.05) is 6.92 Å². The zero-order valence-electron chi connectivity index (χ0n) is 12.2. The minimum absolute atomic E-state index is 0.0971. The molecular weight excluding hydrogens is 258 g/mol. The number of hydrogen-bond donors (Lipinski definition) is 1. The van der Waals surface area contributed by atoms with Crippen LogP contribution in [-0.4, -0.2) is 35.4 Å². The van der Waals surface area contributed by atoms with E-state index in [4.69, 9.17) is 4.74 Å². The quantitative estimate of drug-likeness (QED) is 0.849. The van der Waals surface area contributed by atoms with Crippen LogP contribution in [-0.2, 0) is 22.4 Å². The van der Waals surface area contributed by atoms with Crippen molar-refractivity contribution in [2.75, 3.05) is 13.7 Å². The monoisotopic (exact) mass is 279 g/mol. The first kappa shape index (κ1) is 14.7. The molecule has 2 unspecified atom stereocenters. The van der Waals surface area contributed by atoms with Crippen molar-refractivity contribution in [3.63, 3.8) is 0 Å². The standard InChI is InChI=1S/C14H21N3O3/c1-9(8-20-3)15-14(19)10(2)17-13(18)7-11-5-4-6-12(11)16-17/h7,9-10H,4-6,8H2,1-3H3,(H,15,19). The van der Waals surface area contributed by atoms with Crippen molar-refractivity contribution >= 4 is 5.91 Å². The Morgan fingerprint density at radius 3 is 2.95 bits per heavy atom. The predicted molar refractivity (Wildman–Crippen MR) is 74.7 cm³/mol. The van der Waals surface area contributed by atoms with Crippen molar-refractivity contribution < 1.29 is 9.53 Å². The van der Waals surface area contributed by atoms with Crippen molar-refractivity contribution in [2.24, 2.45) is 0 Å². The second-order valence-electron chi connectivity index (χ2n) is 5.29. The van der Waals surface area contributed by atoms with Crippen LogP contribution < -0.4 is 10.9 Å². The molecule has 6 heteroatoms. The summed E-state index contributed by atoms with van der Waals surface area (Å²) in [5.74, 6) is -0.220. The molecule has 0 spiro atoms. The van der Waals surface area contributed by atoms with Gasteiger partial charge in [-0.2, -0.15) is 5.10 Å². The van der Waals surface area contributed by atoms with E-state index in [-0.39, 0.29) is 17.5 Å². The number of fused-ring (bicyclic) bond motifs is 1. The molecule has 1 aliphatic carbocycles. The van der Waals surface area contributed by atoms with Crippen LogP contribution >= 0.6 is 0 Å². The fourth-order valence-corrected chi connectivity index (χ4v) is 2.46. The number of carbonyl (C=O) groups is 1. The molecule has 0 radical (unpaired) electrons. The zero-order chi connectivity index (χ0) is 14.7. The van der Waals surface area contributed by atoms with Gasteiger partial charge in [-0.25, -0.2) is 4.68 Å². The Balaban J connectivity index is 2.15. The molecule has 6 nitrogen and oxygen atoms in total. The molecule has 0 bridgehead atoms. The molecule has 1 N–H and O–H groups in total. The highest BCUT2D eigenvalue weighted by Gasteiger charge is 2.22. The summed E-state index contributed by atoms with van der Waals surface area (Å²) in [7, 11) is 1.58. The molecule has 1 aromatic heterocycles. The summed E-state index contributed by atoms with van der Waals surface area (Å²) < 4.78 is 6.25. The summed E-state index contributed by atoms with van der Waals surface area (Å²) in [6, 6.07) is 0.894. The molecule has 2 rings (SSSR count). The summed E-state index contributed by atoms with van der Waals surface area (Å²) in [6.45, 7) is 3.97. The van der Waals surface area contributed by atoms with Crippen LogP contribution in [0.25, 0.3) is 0 Å². The van der Waals surface area contributed by atoms with Crippen molar-refractivity contribution in [1.29, 1.82) is 0 Å². The molecule has 0 fully saturated rings. The van der Waals surface area contributed by atoms with Crippen LogP contribution in [0.4, 0.5) is 0 Å². The molecule has 0 saturated carbocycles. The molecule has 110 valence electrons. The van der Waals surface area contributed by atoms with E-state index in [9.17, 15) is 9.59 Å². The van der Waals surface area contributed by atoms with Crippen molar-refractivity contribution in [2.45, 2.75) is 45.2 Å². The van der Waals surface area contributed by atoms with Gasteiger partial charge in [0.1, 0.15) is 6.04 Å². The van der Waals surface area contributed by atoms with Crippen molar-refractivity contribution in [3.8, 4) is 0 Å². The maximum atomic E-state index is 12.1. The maximum Gasteiger partial charge on any atom is 0.267 e. The molecule has 1 amide bonds. The summed E-state index contributed by atoms with van der Waals surface area (Å²) in [6.07, 6.45) is 2.81. The van der Waals surface area contributed by atoms with E-state index in [1.165, 1.54) is 4.68 Å². The van der Waals surface area contributed by atoms with Crippen LogP contribution in [0.15, 0.2) is 10.9 Å². The molecule has 1 aliphatic rings. The van der Waals surface area contributed by atoms with Gasteiger partial charge in [0, 0.05) is 19.2 Å². The lowest BCUT2D eigenvalue weighted by atomic mass is 10.2. The second kappa shape index (κ2) is 6.17. The number of aryl methyl sites for hydroxylation is 2. The highest BCUT2D eigenvalue weighted by atomic mass is 16.5. The minimum atomic E-state index is -0.618. The first-order chi connectivity index (χ1) is 9.52. The van der Waals surface area contributed by atoms with Gasteiger partial charge >= 0.3 is 0 Å². The summed E-state index contributed by atoms with van der Waals surface area (Å²) in [5, 5.41) is 7.15. The first-order valence-corrected chi connectivity index (χ1v) is 6.94. The number of carbonyl (C=O) groups excluding carboxylic acids is 1.